The fourth-order valence-electron chi connectivity index (χ4n) is 3.53. The van der Waals surface area contributed by atoms with Crippen molar-refractivity contribution >= 4 is 6.09 Å². The molecule has 0 aromatic carbocycles. The molecule has 1 amide bonds. The Morgan fingerprint density at radius 1 is 1.37 bits per heavy atom. The smallest absolute Gasteiger partial charge is 0.407 e. The van der Waals surface area contributed by atoms with Crippen LogP contribution < -0.4 is 5.32 Å². The third kappa shape index (κ3) is 4.32. The summed E-state index contributed by atoms with van der Waals surface area (Å²) in [5.41, 5.74) is 2.85. The van der Waals surface area contributed by atoms with Crippen molar-refractivity contribution in [1.29, 1.82) is 0 Å². The zero-order valence-electron chi connectivity index (χ0n) is 16.0. The number of amides is 1. The highest BCUT2D eigenvalue weighted by molar-refractivity contribution is 5.68. The average molecular weight is 373 g/mol. The van der Waals surface area contributed by atoms with Gasteiger partial charge in [-0.05, 0) is 39.2 Å². The molecule has 0 bridgehead atoms. The van der Waals surface area contributed by atoms with Crippen LogP contribution in [0.1, 0.15) is 43.6 Å². The van der Waals surface area contributed by atoms with Crippen LogP contribution in [-0.2, 0) is 18.3 Å². The van der Waals surface area contributed by atoms with Crippen LogP contribution in [-0.4, -0.2) is 51.2 Å². The fraction of sp³-hybridized carbons (Fsp3) is 0.632. The molecule has 1 unspecified atom stereocenters. The van der Waals surface area contributed by atoms with E-state index in [1.165, 1.54) is 0 Å². The summed E-state index contributed by atoms with van der Waals surface area (Å²) in [7, 11) is 1.91. The van der Waals surface area contributed by atoms with Crippen molar-refractivity contribution in [3.8, 4) is 11.3 Å². The van der Waals surface area contributed by atoms with Crippen LogP contribution in [0.3, 0.4) is 0 Å². The molecule has 27 heavy (non-hydrogen) atoms. The molecule has 0 spiro atoms. The third-order valence-corrected chi connectivity index (χ3v) is 5.48. The van der Waals surface area contributed by atoms with Gasteiger partial charge in [0.1, 0.15) is 12.3 Å². The van der Waals surface area contributed by atoms with E-state index in [2.05, 4.69) is 20.5 Å². The Bertz CT molecular complexity index is 795. The maximum atomic E-state index is 11.8. The van der Waals surface area contributed by atoms with Crippen molar-refractivity contribution in [3.05, 3.63) is 23.7 Å². The summed E-state index contributed by atoms with van der Waals surface area (Å²) in [5.74, 6) is 0.822. The summed E-state index contributed by atoms with van der Waals surface area (Å²) in [4.78, 5) is 14.1. The van der Waals surface area contributed by atoms with Gasteiger partial charge in [0.05, 0.1) is 12.7 Å². The topological polar surface area (TPSA) is 85.4 Å². The highest BCUT2D eigenvalue weighted by Crippen LogP contribution is 2.25. The van der Waals surface area contributed by atoms with Gasteiger partial charge in [0.25, 0.3) is 0 Å². The molecule has 1 saturated carbocycles. The second kappa shape index (κ2) is 7.72. The molecule has 2 aromatic rings. The van der Waals surface area contributed by atoms with Crippen LogP contribution in [0.4, 0.5) is 4.79 Å². The number of likely N-dealkylation sites (tertiary alicyclic amines) is 1. The minimum absolute atomic E-state index is 0.220. The SMILES string of the molecule is Cc1c(-c2cc(CN3CCCCC3COC(=O)NC3CC3)on2)cnn1C. The Kier molecular flexibility index (Phi) is 5.15. The van der Waals surface area contributed by atoms with Crippen molar-refractivity contribution in [2.75, 3.05) is 13.2 Å². The first-order valence-corrected chi connectivity index (χ1v) is 9.72. The minimum atomic E-state index is -0.294. The molecule has 2 aliphatic rings. The number of hydrogen-bond acceptors (Lipinski definition) is 6. The van der Waals surface area contributed by atoms with Gasteiger partial charge in [0.2, 0.25) is 0 Å². The number of carbonyl (C=O) groups is 1. The molecule has 1 aliphatic heterocycles. The van der Waals surface area contributed by atoms with Gasteiger partial charge in [-0.25, -0.2) is 4.79 Å². The highest BCUT2D eigenvalue weighted by Gasteiger charge is 2.27. The number of rotatable bonds is 6. The van der Waals surface area contributed by atoms with E-state index in [1.807, 2.05) is 30.9 Å². The molecule has 1 aliphatic carbocycles. The second-order valence-corrected chi connectivity index (χ2v) is 7.58. The molecule has 1 atom stereocenters. The van der Waals surface area contributed by atoms with Gasteiger partial charge in [-0.2, -0.15) is 5.10 Å². The summed E-state index contributed by atoms with van der Waals surface area (Å²) in [6.45, 7) is 4.08. The van der Waals surface area contributed by atoms with Gasteiger partial charge in [-0.15, -0.1) is 0 Å². The standard InChI is InChI=1S/C19H27N5O3/c1-13-17(10-20-23(13)2)18-9-16(27-22-18)11-24-8-4-3-5-15(24)12-26-19(25)21-14-6-7-14/h9-10,14-15H,3-8,11-12H2,1-2H3,(H,21,25). The van der Waals surface area contributed by atoms with E-state index in [4.69, 9.17) is 9.26 Å². The van der Waals surface area contributed by atoms with Gasteiger partial charge in [0, 0.05) is 36.5 Å². The molecule has 2 aromatic heterocycles. The first-order valence-electron chi connectivity index (χ1n) is 9.72. The van der Waals surface area contributed by atoms with Gasteiger partial charge in [-0.1, -0.05) is 11.6 Å². The van der Waals surface area contributed by atoms with Crippen LogP contribution in [0.25, 0.3) is 11.3 Å². The van der Waals surface area contributed by atoms with Crippen LogP contribution >= 0.6 is 0 Å². The molecule has 0 radical (unpaired) electrons. The summed E-state index contributed by atoms with van der Waals surface area (Å²) in [6, 6.07) is 2.52. The second-order valence-electron chi connectivity index (χ2n) is 7.58. The van der Waals surface area contributed by atoms with Crippen LogP contribution in [0.2, 0.25) is 0 Å². The molecular formula is C19H27N5O3. The van der Waals surface area contributed by atoms with Crippen molar-refractivity contribution < 1.29 is 14.1 Å². The monoisotopic (exact) mass is 373 g/mol. The predicted molar refractivity (Wildman–Crippen MR) is 99.0 cm³/mol. The molecule has 1 saturated heterocycles. The van der Waals surface area contributed by atoms with E-state index >= 15 is 0 Å². The van der Waals surface area contributed by atoms with Gasteiger partial charge >= 0.3 is 6.09 Å². The fourth-order valence-corrected chi connectivity index (χ4v) is 3.53. The molecule has 3 heterocycles. The number of carbonyl (C=O) groups excluding carboxylic acids is 1. The maximum absolute atomic E-state index is 11.8. The lowest BCUT2D eigenvalue weighted by Gasteiger charge is -2.34. The van der Waals surface area contributed by atoms with Crippen molar-refractivity contribution in [3.63, 3.8) is 0 Å². The molecule has 8 heteroatoms. The van der Waals surface area contributed by atoms with Gasteiger partial charge in [-0.3, -0.25) is 9.58 Å². The van der Waals surface area contributed by atoms with Gasteiger partial charge < -0.3 is 14.6 Å². The maximum Gasteiger partial charge on any atom is 0.407 e. The largest absolute Gasteiger partial charge is 0.448 e. The zero-order chi connectivity index (χ0) is 18.8. The van der Waals surface area contributed by atoms with Crippen LogP contribution in [0.5, 0.6) is 0 Å². The first kappa shape index (κ1) is 18.0. The lowest BCUT2D eigenvalue weighted by atomic mass is 10.0. The average Bonchev–Trinajstić information content (AvgIpc) is 3.25. The Balaban J connectivity index is 1.36. The Hall–Kier alpha value is -2.35. The molecule has 2 fully saturated rings. The summed E-state index contributed by atoms with van der Waals surface area (Å²) in [6.07, 6.45) is 6.98. The zero-order valence-corrected chi connectivity index (χ0v) is 16.0. The van der Waals surface area contributed by atoms with E-state index in [0.717, 1.165) is 61.4 Å². The van der Waals surface area contributed by atoms with Crippen LogP contribution in [0.15, 0.2) is 16.8 Å². The van der Waals surface area contributed by atoms with Crippen molar-refractivity contribution in [1.82, 2.24) is 25.2 Å². The summed E-state index contributed by atoms with van der Waals surface area (Å²) in [5, 5.41) is 11.4. The number of piperidine rings is 1. The first-order chi connectivity index (χ1) is 13.1. The number of hydrogen-bond donors (Lipinski definition) is 1. The number of ether oxygens (including phenoxy) is 1. The van der Waals surface area contributed by atoms with E-state index in [0.29, 0.717) is 19.2 Å². The Morgan fingerprint density at radius 2 is 2.22 bits per heavy atom. The number of nitrogens with zero attached hydrogens (tertiary/aromatic N) is 4. The molecule has 8 nitrogen and oxygen atoms in total. The molecule has 1 N–H and O–H groups in total. The lowest BCUT2D eigenvalue weighted by Crippen LogP contribution is -2.43. The van der Waals surface area contributed by atoms with Crippen molar-refractivity contribution in [2.45, 2.75) is 57.7 Å². The third-order valence-electron chi connectivity index (χ3n) is 5.48. The lowest BCUT2D eigenvalue weighted by molar-refractivity contribution is 0.0587. The van der Waals surface area contributed by atoms with E-state index in [9.17, 15) is 4.79 Å². The van der Waals surface area contributed by atoms with E-state index < -0.39 is 0 Å². The van der Waals surface area contributed by atoms with Crippen molar-refractivity contribution in [2.24, 2.45) is 7.05 Å². The number of nitrogens with one attached hydrogen (secondary N) is 1. The van der Waals surface area contributed by atoms with E-state index in [-0.39, 0.29) is 12.1 Å². The summed E-state index contributed by atoms with van der Waals surface area (Å²) < 4.78 is 12.8. The molecular weight excluding hydrogens is 346 g/mol. The normalized spacial score (nSPS) is 20.6. The molecule has 146 valence electrons. The Labute approximate surface area is 158 Å². The van der Waals surface area contributed by atoms with Gasteiger partial charge in [0.15, 0.2) is 5.76 Å². The Morgan fingerprint density at radius 3 is 2.96 bits per heavy atom. The quantitative estimate of drug-likeness (QED) is 0.838. The van der Waals surface area contributed by atoms with E-state index in [1.54, 1.807) is 0 Å². The minimum Gasteiger partial charge on any atom is -0.448 e. The molecule has 4 rings (SSSR count). The number of aryl methyl sites for hydroxylation is 1. The number of alkyl carbamates (subject to hydrolysis) is 1. The number of aromatic nitrogens is 3. The summed E-state index contributed by atoms with van der Waals surface area (Å²) >= 11 is 0. The predicted octanol–water partition coefficient (Wildman–Crippen LogP) is 2.63. The highest BCUT2D eigenvalue weighted by atomic mass is 16.5. The van der Waals surface area contributed by atoms with Crippen LogP contribution in [0, 0.1) is 6.92 Å².